The van der Waals surface area contributed by atoms with Crippen LogP contribution in [0, 0.1) is 11.3 Å². The van der Waals surface area contributed by atoms with Crippen LogP contribution in [0.5, 0.6) is 5.75 Å². The molecule has 4 nitrogen and oxygen atoms in total. The van der Waals surface area contributed by atoms with E-state index < -0.39 is 0 Å². The number of rotatable bonds is 4. The zero-order valence-corrected chi connectivity index (χ0v) is 14.0. The number of benzene rings is 2. The lowest BCUT2D eigenvalue weighted by Crippen LogP contribution is -1.97. The Morgan fingerprint density at radius 3 is 2.50 bits per heavy atom. The van der Waals surface area contributed by atoms with Gasteiger partial charge in [-0.2, -0.15) is 5.26 Å². The fourth-order valence-corrected chi connectivity index (χ4v) is 2.62. The third-order valence-corrected chi connectivity index (χ3v) is 4.04. The number of hydrogen-bond acceptors (Lipinski definition) is 4. The molecule has 3 rings (SSSR count). The molecule has 0 aliphatic heterocycles. The molecular formula is C20H19N3O. The second-order valence-corrected chi connectivity index (χ2v) is 5.94. The average molecular weight is 317 g/mol. The van der Waals surface area contributed by atoms with Gasteiger partial charge in [-0.15, -0.1) is 0 Å². The van der Waals surface area contributed by atoms with Crippen molar-refractivity contribution in [1.82, 2.24) is 4.98 Å². The first-order chi connectivity index (χ1) is 11.6. The monoisotopic (exact) mass is 317 g/mol. The second-order valence-electron chi connectivity index (χ2n) is 5.94. The van der Waals surface area contributed by atoms with Crippen molar-refractivity contribution < 1.29 is 4.74 Å². The standard InChI is InChI=1S/C20H19N3O/c1-13(2)14-4-6-16(7-5-14)23-20-15(11-21)12-22-19-10-17(24-3)8-9-18(19)20/h4-10,12-13H,1-3H3,(H,22,23). The van der Waals surface area contributed by atoms with E-state index >= 15 is 0 Å². The van der Waals surface area contributed by atoms with Gasteiger partial charge in [-0.1, -0.05) is 26.0 Å². The van der Waals surface area contributed by atoms with Gasteiger partial charge >= 0.3 is 0 Å². The van der Waals surface area contributed by atoms with Gasteiger partial charge in [-0.3, -0.25) is 4.98 Å². The summed E-state index contributed by atoms with van der Waals surface area (Å²) >= 11 is 0. The second kappa shape index (κ2) is 6.59. The Bertz CT molecular complexity index is 909. The number of nitriles is 1. The molecule has 0 saturated carbocycles. The highest BCUT2D eigenvalue weighted by Crippen LogP contribution is 2.31. The van der Waals surface area contributed by atoms with Gasteiger partial charge in [0.05, 0.1) is 23.9 Å². The summed E-state index contributed by atoms with van der Waals surface area (Å²) in [7, 11) is 1.63. The predicted molar refractivity (Wildman–Crippen MR) is 96.8 cm³/mol. The smallest absolute Gasteiger partial charge is 0.121 e. The van der Waals surface area contributed by atoms with E-state index in [-0.39, 0.29) is 0 Å². The Labute approximate surface area is 141 Å². The summed E-state index contributed by atoms with van der Waals surface area (Å²) in [6.07, 6.45) is 1.59. The maximum absolute atomic E-state index is 9.42. The van der Waals surface area contributed by atoms with Crippen LogP contribution in [0.15, 0.2) is 48.7 Å². The van der Waals surface area contributed by atoms with Crippen LogP contribution in [0.2, 0.25) is 0 Å². The highest BCUT2D eigenvalue weighted by atomic mass is 16.5. The van der Waals surface area contributed by atoms with Crippen LogP contribution in [0.1, 0.15) is 30.9 Å². The molecule has 0 fully saturated rings. The maximum Gasteiger partial charge on any atom is 0.121 e. The van der Waals surface area contributed by atoms with Crippen LogP contribution in [0.25, 0.3) is 10.9 Å². The molecule has 0 saturated heterocycles. The van der Waals surface area contributed by atoms with Crippen LogP contribution in [-0.2, 0) is 0 Å². The van der Waals surface area contributed by atoms with Crippen molar-refractivity contribution >= 4 is 22.3 Å². The third-order valence-electron chi connectivity index (χ3n) is 4.04. The molecule has 0 unspecified atom stereocenters. The lowest BCUT2D eigenvalue weighted by Gasteiger charge is -2.13. The normalized spacial score (nSPS) is 10.6. The van der Waals surface area contributed by atoms with Crippen molar-refractivity contribution in [1.29, 1.82) is 5.26 Å². The largest absolute Gasteiger partial charge is 0.497 e. The summed E-state index contributed by atoms with van der Waals surface area (Å²) in [5.41, 5.74) is 4.29. The molecule has 0 bridgehead atoms. The van der Waals surface area contributed by atoms with Gasteiger partial charge in [0.25, 0.3) is 0 Å². The minimum Gasteiger partial charge on any atom is -0.497 e. The summed E-state index contributed by atoms with van der Waals surface area (Å²) in [5.74, 6) is 1.23. The van der Waals surface area contributed by atoms with E-state index in [9.17, 15) is 5.26 Å². The molecule has 0 aliphatic rings. The van der Waals surface area contributed by atoms with E-state index in [1.54, 1.807) is 13.3 Å². The summed E-state index contributed by atoms with van der Waals surface area (Å²) in [5, 5.41) is 13.7. The minimum atomic E-state index is 0.489. The van der Waals surface area contributed by atoms with Gasteiger partial charge in [-0.25, -0.2) is 0 Å². The zero-order valence-electron chi connectivity index (χ0n) is 14.0. The Balaban J connectivity index is 2.05. The summed E-state index contributed by atoms with van der Waals surface area (Å²) in [4.78, 5) is 4.36. The van der Waals surface area contributed by atoms with Gasteiger partial charge in [0.2, 0.25) is 0 Å². The molecule has 4 heteroatoms. The Morgan fingerprint density at radius 1 is 1.12 bits per heavy atom. The summed E-state index contributed by atoms with van der Waals surface area (Å²) in [6, 6.07) is 16.1. The van der Waals surface area contributed by atoms with Crippen LogP contribution in [0.4, 0.5) is 11.4 Å². The van der Waals surface area contributed by atoms with Crippen molar-refractivity contribution in [2.24, 2.45) is 0 Å². The average Bonchev–Trinajstić information content (AvgIpc) is 2.62. The fraction of sp³-hybridized carbons (Fsp3) is 0.200. The highest BCUT2D eigenvalue weighted by Gasteiger charge is 2.10. The molecule has 1 aromatic heterocycles. The lowest BCUT2D eigenvalue weighted by molar-refractivity contribution is 0.415. The van der Waals surface area contributed by atoms with Crippen LogP contribution >= 0.6 is 0 Å². The number of fused-ring (bicyclic) bond motifs is 1. The van der Waals surface area contributed by atoms with Crippen molar-refractivity contribution in [2.75, 3.05) is 12.4 Å². The first kappa shape index (κ1) is 15.8. The number of pyridine rings is 1. The van der Waals surface area contributed by atoms with Gasteiger partial charge in [0.15, 0.2) is 0 Å². The predicted octanol–water partition coefficient (Wildman–Crippen LogP) is 4.98. The fourth-order valence-electron chi connectivity index (χ4n) is 2.62. The minimum absolute atomic E-state index is 0.489. The van der Waals surface area contributed by atoms with Gasteiger partial charge in [0.1, 0.15) is 11.8 Å². The van der Waals surface area contributed by atoms with Crippen molar-refractivity contribution in [3.05, 3.63) is 59.8 Å². The first-order valence-corrected chi connectivity index (χ1v) is 7.86. The van der Waals surface area contributed by atoms with E-state index in [2.05, 4.69) is 42.4 Å². The van der Waals surface area contributed by atoms with E-state index in [1.807, 2.05) is 30.3 Å². The molecule has 0 radical (unpaired) electrons. The molecule has 0 amide bonds. The molecule has 3 aromatic rings. The number of hydrogen-bond donors (Lipinski definition) is 1. The number of methoxy groups -OCH3 is 1. The summed E-state index contributed by atoms with van der Waals surface area (Å²) < 4.78 is 5.25. The van der Waals surface area contributed by atoms with Crippen molar-refractivity contribution in [3.8, 4) is 11.8 Å². The SMILES string of the molecule is COc1ccc2c(Nc3ccc(C(C)C)cc3)c(C#N)cnc2c1. The number of nitrogens with one attached hydrogen (secondary N) is 1. The van der Waals surface area contributed by atoms with E-state index in [4.69, 9.17) is 4.74 Å². The molecule has 0 atom stereocenters. The Kier molecular flexibility index (Phi) is 4.35. The van der Waals surface area contributed by atoms with Crippen LogP contribution in [-0.4, -0.2) is 12.1 Å². The first-order valence-electron chi connectivity index (χ1n) is 7.86. The van der Waals surface area contributed by atoms with Crippen LogP contribution < -0.4 is 10.1 Å². The number of nitrogens with zero attached hydrogens (tertiary/aromatic N) is 2. The molecule has 120 valence electrons. The van der Waals surface area contributed by atoms with E-state index in [0.717, 1.165) is 28.0 Å². The third kappa shape index (κ3) is 3.02. The molecule has 1 N–H and O–H groups in total. The van der Waals surface area contributed by atoms with Gasteiger partial charge in [0, 0.05) is 23.3 Å². The molecule has 2 aromatic carbocycles. The zero-order chi connectivity index (χ0) is 17.1. The van der Waals surface area contributed by atoms with Crippen LogP contribution in [0.3, 0.4) is 0 Å². The van der Waals surface area contributed by atoms with E-state index in [1.165, 1.54) is 5.56 Å². The molecule has 1 heterocycles. The molecule has 0 aliphatic carbocycles. The van der Waals surface area contributed by atoms with Crippen molar-refractivity contribution in [3.63, 3.8) is 0 Å². The lowest BCUT2D eigenvalue weighted by atomic mass is 10.0. The maximum atomic E-state index is 9.42. The molecular weight excluding hydrogens is 298 g/mol. The molecule has 0 spiro atoms. The number of ether oxygens (including phenoxy) is 1. The van der Waals surface area contributed by atoms with Gasteiger partial charge < -0.3 is 10.1 Å². The van der Waals surface area contributed by atoms with E-state index in [0.29, 0.717) is 11.5 Å². The highest BCUT2D eigenvalue weighted by molar-refractivity contribution is 5.96. The molecule has 24 heavy (non-hydrogen) atoms. The Morgan fingerprint density at radius 2 is 1.88 bits per heavy atom. The Hall–Kier alpha value is -3.06. The topological polar surface area (TPSA) is 57.9 Å². The number of anilines is 2. The van der Waals surface area contributed by atoms with Gasteiger partial charge in [-0.05, 0) is 35.7 Å². The quantitative estimate of drug-likeness (QED) is 0.737. The van der Waals surface area contributed by atoms with Crippen molar-refractivity contribution in [2.45, 2.75) is 19.8 Å². The summed E-state index contributed by atoms with van der Waals surface area (Å²) in [6.45, 7) is 4.33. The number of aromatic nitrogens is 1.